The highest BCUT2D eigenvalue weighted by Crippen LogP contribution is 2.34. The summed E-state index contributed by atoms with van der Waals surface area (Å²) in [5, 5.41) is 13.9. The number of nitrogens with zero attached hydrogens (tertiary/aromatic N) is 3. The molecule has 0 unspecified atom stereocenters. The Morgan fingerprint density at radius 2 is 2.00 bits per heavy atom. The minimum Gasteiger partial charge on any atom is -0.454 e. The first-order chi connectivity index (χ1) is 13.7. The number of imide groups is 1. The zero-order valence-electron chi connectivity index (χ0n) is 14.7. The van der Waals surface area contributed by atoms with Crippen molar-refractivity contribution >= 4 is 45.9 Å². The molecule has 3 amide bonds. The number of nitrogens with one attached hydrogen (secondary N) is 2. The number of rotatable bonds is 5. The summed E-state index contributed by atoms with van der Waals surface area (Å²) in [6, 6.07) is 4.38. The van der Waals surface area contributed by atoms with E-state index < -0.39 is 11.9 Å². The summed E-state index contributed by atoms with van der Waals surface area (Å²) in [5.74, 6) is 0.803. The second-order valence-corrected chi connectivity index (χ2v) is 7.99. The Hall–Kier alpha value is -2.57. The first kappa shape index (κ1) is 18.8. The fourth-order valence-corrected chi connectivity index (χ4v) is 4.26. The lowest BCUT2D eigenvalue weighted by Gasteiger charge is -2.25. The number of hydrogen-bond donors (Lipinski definition) is 2. The third kappa shape index (κ3) is 4.64. The van der Waals surface area contributed by atoms with Crippen LogP contribution in [-0.2, 0) is 9.53 Å². The molecule has 28 heavy (non-hydrogen) atoms. The molecule has 2 aliphatic rings. The molecule has 2 aliphatic heterocycles. The van der Waals surface area contributed by atoms with Gasteiger partial charge in [-0.05, 0) is 12.1 Å². The first-order valence-electron chi connectivity index (χ1n) is 8.47. The van der Waals surface area contributed by atoms with Gasteiger partial charge < -0.3 is 24.4 Å². The van der Waals surface area contributed by atoms with Gasteiger partial charge in [0.2, 0.25) is 17.8 Å². The van der Waals surface area contributed by atoms with Gasteiger partial charge in [-0.1, -0.05) is 23.1 Å². The highest BCUT2D eigenvalue weighted by molar-refractivity contribution is 8.01. The number of morpholine rings is 1. The van der Waals surface area contributed by atoms with E-state index in [2.05, 4.69) is 25.7 Å². The molecule has 2 N–H and O–H groups in total. The van der Waals surface area contributed by atoms with Gasteiger partial charge in [-0.25, -0.2) is 4.79 Å². The molecule has 12 heteroatoms. The summed E-state index contributed by atoms with van der Waals surface area (Å²) in [6.45, 7) is 3.05. The largest absolute Gasteiger partial charge is 0.454 e. The third-order valence-electron chi connectivity index (χ3n) is 3.89. The van der Waals surface area contributed by atoms with Crippen LogP contribution in [0.25, 0.3) is 0 Å². The van der Waals surface area contributed by atoms with Crippen molar-refractivity contribution in [3.05, 3.63) is 18.2 Å². The molecule has 2 aromatic rings. The van der Waals surface area contributed by atoms with Crippen LogP contribution in [0.2, 0.25) is 0 Å². The smallest absolute Gasteiger partial charge is 0.325 e. The maximum atomic E-state index is 12.0. The summed E-state index contributed by atoms with van der Waals surface area (Å²) in [5.41, 5.74) is 0.501. The van der Waals surface area contributed by atoms with Crippen LogP contribution in [0.1, 0.15) is 0 Å². The molecule has 0 aliphatic carbocycles. The topological polar surface area (TPSA) is 115 Å². The fourth-order valence-electron chi connectivity index (χ4n) is 2.57. The molecule has 148 valence electrons. The Bertz CT molecular complexity index is 871. The molecule has 0 radical (unpaired) electrons. The molecule has 3 heterocycles. The van der Waals surface area contributed by atoms with Gasteiger partial charge in [0.15, 0.2) is 15.8 Å². The Balaban J connectivity index is 1.23. The van der Waals surface area contributed by atoms with Gasteiger partial charge in [-0.2, -0.15) is 0 Å². The number of ether oxygens (including phenoxy) is 3. The number of aromatic nitrogens is 2. The van der Waals surface area contributed by atoms with Crippen LogP contribution in [0.5, 0.6) is 11.5 Å². The first-order valence-corrected chi connectivity index (χ1v) is 10.3. The van der Waals surface area contributed by atoms with Gasteiger partial charge in [0.1, 0.15) is 0 Å². The molecule has 1 fully saturated rings. The maximum Gasteiger partial charge on any atom is 0.325 e. The fraction of sp³-hybridized carbons (Fsp3) is 0.375. The van der Waals surface area contributed by atoms with Crippen LogP contribution >= 0.6 is 23.1 Å². The predicted molar refractivity (Wildman–Crippen MR) is 103 cm³/mol. The van der Waals surface area contributed by atoms with E-state index in [0.717, 1.165) is 18.2 Å². The number of urea groups is 1. The highest BCUT2D eigenvalue weighted by atomic mass is 32.2. The Morgan fingerprint density at radius 3 is 2.86 bits per heavy atom. The van der Waals surface area contributed by atoms with E-state index >= 15 is 0 Å². The molecular weight excluding hydrogens is 406 g/mol. The molecule has 0 spiro atoms. The van der Waals surface area contributed by atoms with E-state index in [-0.39, 0.29) is 12.5 Å². The van der Waals surface area contributed by atoms with Gasteiger partial charge in [0, 0.05) is 24.8 Å². The van der Waals surface area contributed by atoms with E-state index in [9.17, 15) is 9.59 Å². The van der Waals surface area contributed by atoms with E-state index in [4.69, 9.17) is 14.2 Å². The number of carbonyl (C=O) groups is 2. The average molecular weight is 423 g/mol. The Labute approximate surface area is 168 Å². The number of benzene rings is 1. The van der Waals surface area contributed by atoms with Crippen LogP contribution in [-0.4, -0.2) is 61.0 Å². The van der Waals surface area contributed by atoms with Gasteiger partial charge in [-0.3, -0.25) is 10.1 Å². The predicted octanol–water partition coefficient (Wildman–Crippen LogP) is 1.54. The quantitative estimate of drug-likeness (QED) is 0.691. The van der Waals surface area contributed by atoms with Crippen molar-refractivity contribution in [2.45, 2.75) is 4.34 Å². The number of anilines is 2. The average Bonchev–Trinajstić information content (AvgIpc) is 3.36. The Morgan fingerprint density at radius 1 is 1.18 bits per heavy atom. The molecule has 0 atom stereocenters. The molecule has 10 nitrogen and oxygen atoms in total. The van der Waals surface area contributed by atoms with Crippen molar-refractivity contribution in [1.29, 1.82) is 0 Å². The minimum absolute atomic E-state index is 0.0618. The summed E-state index contributed by atoms with van der Waals surface area (Å²) in [7, 11) is 0. The van der Waals surface area contributed by atoms with E-state index in [1.165, 1.54) is 23.1 Å². The molecular formula is C16H17N5O5S2. The van der Waals surface area contributed by atoms with Crippen molar-refractivity contribution in [1.82, 2.24) is 15.5 Å². The van der Waals surface area contributed by atoms with Crippen molar-refractivity contribution < 1.29 is 23.8 Å². The number of amides is 3. The lowest BCUT2D eigenvalue weighted by Crippen LogP contribution is -2.36. The van der Waals surface area contributed by atoms with Crippen LogP contribution in [0, 0.1) is 0 Å². The summed E-state index contributed by atoms with van der Waals surface area (Å²) in [6.07, 6.45) is 0. The highest BCUT2D eigenvalue weighted by Gasteiger charge is 2.18. The van der Waals surface area contributed by atoms with Crippen molar-refractivity contribution in [3.63, 3.8) is 0 Å². The van der Waals surface area contributed by atoms with Crippen molar-refractivity contribution in [2.24, 2.45) is 0 Å². The third-order valence-corrected chi connectivity index (χ3v) is 6.00. The standard InChI is InChI=1S/C16H17N5O5S2/c22-13(8-27-16-20-19-15(28-16)21-3-5-24-6-4-21)18-14(23)17-10-1-2-11-12(7-10)26-9-25-11/h1-2,7H,3-6,8-9H2,(H2,17,18,22,23). The minimum atomic E-state index is -0.615. The van der Waals surface area contributed by atoms with Crippen molar-refractivity contribution in [2.75, 3.05) is 49.1 Å². The van der Waals surface area contributed by atoms with Crippen molar-refractivity contribution in [3.8, 4) is 11.5 Å². The summed E-state index contributed by atoms with van der Waals surface area (Å²) < 4.78 is 16.4. The SMILES string of the molecule is O=C(CSc1nnc(N2CCOCC2)s1)NC(=O)Nc1ccc2c(c1)OCO2. The maximum absolute atomic E-state index is 12.0. The van der Waals surface area contributed by atoms with Gasteiger partial charge in [0.05, 0.1) is 19.0 Å². The molecule has 4 rings (SSSR count). The van der Waals surface area contributed by atoms with E-state index in [1.807, 2.05) is 0 Å². The second-order valence-electron chi connectivity index (χ2n) is 5.81. The molecule has 1 aromatic heterocycles. The van der Waals surface area contributed by atoms with Gasteiger partial charge in [0.25, 0.3) is 0 Å². The van der Waals surface area contributed by atoms with Crippen LogP contribution in [0.3, 0.4) is 0 Å². The lowest BCUT2D eigenvalue weighted by atomic mass is 10.3. The van der Waals surface area contributed by atoms with Gasteiger partial charge in [-0.15, -0.1) is 10.2 Å². The normalized spacial score (nSPS) is 15.4. The number of fused-ring (bicyclic) bond motifs is 1. The number of carbonyl (C=O) groups excluding carboxylic acids is 2. The zero-order valence-corrected chi connectivity index (χ0v) is 16.3. The molecule has 0 bridgehead atoms. The monoisotopic (exact) mass is 423 g/mol. The second kappa shape index (κ2) is 8.63. The molecule has 1 aromatic carbocycles. The summed E-state index contributed by atoms with van der Waals surface area (Å²) >= 11 is 2.66. The van der Waals surface area contributed by atoms with Gasteiger partial charge >= 0.3 is 6.03 Å². The van der Waals surface area contributed by atoms with Crippen LogP contribution in [0.4, 0.5) is 15.6 Å². The van der Waals surface area contributed by atoms with E-state index in [0.29, 0.717) is 34.7 Å². The molecule has 0 saturated carbocycles. The van der Waals surface area contributed by atoms with Crippen LogP contribution < -0.4 is 25.0 Å². The zero-order chi connectivity index (χ0) is 19.3. The lowest BCUT2D eigenvalue weighted by molar-refractivity contribution is -0.117. The van der Waals surface area contributed by atoms with E-state index in [1.54, 1.807) is 18.2 Å². The van der Waals surface area contributed by atoms with Crippen LogP contribution in [0.15, 0.2) is 22.5 Å². The molecule has 1 saturated heterocycles. The summed E-state index contributed by atoms with van der Waals surface area (Å²) in [4.78, 5) is 26.1. The number of hydrogen-bond acceptors (Lipinski definition) is 10. The number of thioether (sulfide) groups is 1. The Kier molecular flexibility index (Phi) is 5.78.